The minimum Gasteiger partial charge on any atom is -0.497 e. The highest BCUT2D eigenvalue weighted by atomic mass is 79.9. The fourth-order valence-electron chi connectivity index (χ4n) is 6.03. The summed E-state index contributed by atoms with van der Waals surface area (Å²) in [5, 5.41) is 3.20. The van der Waals surface area contributed by atoms with Crippen molar-refractivity contribution in [3.63, 3.8) is 0 Å². The Labute approximate surface area is 297 Å². The highest BCUT2D eigenvalue weighted by molar-refractivity contribution is 9.10. The standard InChI is InChI=1S/C38H42BrN3O6S/c1-3-48-33-20-18-32(19-21-33)42(49(45,46)35-22-16-30(39)17-23-35)27-37(43)41(26-29-12-9-15-34(24-29)47-2)36(25-28-10-5-4-6-11-28)38(44)40-31-13-7-8-14-31/h4-6,9-12,15-24,31,36H,3,7-8,13-14,25-27H2,1-2H3,(H,40,44)/t36-/m0/s1. The molecule has 0 aromatic heterocycles. The van der Waals surface area contributed by atoms with Crippen LogP contribution in [0.25, 0.3) is 0 Å². The molecule has 0 saturated heterocycles. The van der Waals surface area contributed by atoms with Gasteiger partial charge in [0.1, 0.15) is 24.1 Å². The third-order valence-electron chi connectivity index (χ3n) is 8.58. The topological polar surface area (TPSA) is 105 Å². The Morgan fingerprint density at radius 3 is 2.20 bits per heavy atom. The van der Waals surface area contributed by atoms with Crippen molar-refractivity contribution in [3.05, 3.63) is 119 Å². The highest BCUT2D eigenvalue weighted by Gasteiger charge is 2.35. The number of amides is 2. The van der Waals surface area contributed by atoms with Crippen molar-refractivity contribution in [2.45, 2.75) is 62.6 Å². The van der Waals surface area contributed by atoms with E-state index in [0.717, 1.165) is 45.6 Å². The average molecular weight is 749 g/mol. The first kappa shape index (κ1) is 35.9. The molecule has 1 atom stereocenters. The van der Waals surface area contributed by atoms with Crippen LogP contribution in [0.2, 0.25) is 0 Å². The third kappa shape index (κ3) is 9.42. The number of carbonyl (C=O) groups excluding carboxylic acids is 2. The molecule has 9 nitrogen and oxygen atoms in total. The van der Waals surface area contributed by atoms with E-state index in [-0.39, 0.29) is 35.5 Å². The van der Waals surface area contributed by atoms with E-state index in [1.807, 2.05) is 61.5 Å². The lowest BCUT2D eigenvalue weighted by Crippen LogP contribution is -2.54. The zero-order valence-electron chi connectivity index (χ0n) is 27.8. The summed E-state index contributed by atoms with van der Waals surface area (Å²) in [6, 6.07) is 28.8. The van der Waals surface area contributed by atoms with Crippen molar-refractivity contribution in [1.29, 1.82) is 0 Å². The number of benzene rings is 4. The average Bonchev–Trinajstić information content (AvgIpc) is 3.63. The smallest absolute Gasteiger partial charge is 0.264 e. The van der Waals surface area contributed by atoms with Gasteiger partial charge < -0.3 is 19.7 Å². The van der Waals surface area contributed by atoms with Crippen LogP contribution in [0.4, 0.5) is 5.69 Å². The number of anilines is 1. The second-order valence-electron chi connectivity index (χ2n) is 12.0. The van der Waals surface area contributed by atoms with Crippen molar-refractivity contribution in [1.82, 2.24) is 10.2 Å². The quantitative estimate of drug-likeness (QED) is 0.144. The predicted octanol–water partition coefficient (Wildman–Crippen LogP) is 6.75. The summed E-state index contributed by atoms with van der Waals surface area (Å²) in [6.07, 6.45) is 4.07. The minimum atomic E-state index is -4.23. The summed E-state index contributed by atoms with van der Waals surface area (Å²) in [7, 11) is -2.66. The van der Waals surface area contributed by atoms with Crippen LogP contribution in [0.15, 0.2) is 112 Å². The summed E-state index contributed by atoms with van der Waals surface area (Å²) in [6.45, 7) is 1.83. The lowest BCUT2D eigenvalue weighted by molar-refractivity contribution is -0.140. The van der Waals surface area contributed by atoms with Crippen LogP contribution in [-0.4, -0.2) is 57.5 Å². The lowest BCUT2D eigenvalue weighted by atomic mass is 10.0. The highest BCUT2D eigenvalue weighted by Crippen LogP contribution is 2.28. The number of ether oxygens (including phenoxy) is 2. The lowest BCUT2D eigenvalue weighted by Gasteiger charge is -2.34. The van der Waals surface area contributed by atoms with Crippen LogP contribution in [0.3, 0.4) is 0 Å². The van der Waals surface area contributed by atoms with Gasteiger partial charge in [-0.05, 0) is 91.6 Å². The monoisotopic (exact) mass is 747 g/mol. The summed E-state index contributed by atoms with van der Waals surface area (Å²) in [4.78, 5) is 30.5. The maximum atomic E-state index is 14.7. The van der Waals surface area contributed by atoms with Crippen molar-refractivity contribution >= 4 is 43.5 Å². The molecular formula is C38H42BrN3O6S. The maximum Gasteiger partial charge on any atom is 0.264 e. The molecule has 0 spiro atoms. The molecule has 258 valence electrons. The number of methoxy groups -OCH3 is 1. The summed E-state index contributed by atoms with van der Waals surface area (Å²) in [5.41, 5.74) is 1.90. The van der Waals surface area contributed by atoms with Crippen LogP contribution in [0, 0.1) is 0 Å². The second-order valence-corrected chi connectivity index (χ2v) is 14.7. The zero-order valence-corrected chi connectivity index (χ0v) is 30.2. The Morgan fingerprint density at radius 1 is 0.878 bits per heavy atom. The summed E-state index contributed by atoms with van der Waals surface area (Å²) >= 11 is 3.38. The first-order chi connectivity index (χ1) is 23.7. The van der Waals surface area contributed by atoms with Crippen molar-refractivity contribution < 1.29 is 27.5 Å². The van der Waals surface area contributed by atoms with Crippen LogP contribution < -0.4 is 19.1 Å². The number of hydrogen-bond acceptors (Lipinski definition) is 6. The molecule has 2 amide bonds. The van der Waals surface area contributed by atoms with Gasteiger partial charge in [-0.25, -0.2) is 8.42 Å². The molecule has 11 heteroatoms. The van der Waals surface area contributed by atoms with Gasteiger partial charge in [-0.15, -0.1) is 0 Å². The molecule has 0 bridgehead atoms. The summed E-state index contributed by atoms with van der Waals surface area (Å²) in [5.74, 6) is 0.383. The molecule has 1 aliphatic rings. The molecule has 0 unspecified atom stereocenters. The molecule has 0 heterocycles. The van der Waals surface area contributed by atoms with Crippen LogP contribution in [-0.2, 0) is 32.6 Å². The van der Waals surface area contributed by atoms with E-state index >= 15 is 0 Å². The SMILES string of the molecule is CCOc1ccc(N(CC(=O)N(Cc2cccc(OC)c2)[C@@H](Cc2ccccc2)C(=O)NC2CCCC2)S(=O)(=O)c2ccc(Br)cc2)cc1. The van der Waals surface area contributed by atoms with E-state index in [4.69, 9.17) is 9.47 Å². The fraction of sp³-hybridized carbons (Fsp3) is 0.316. The molecule has 49 heavy (non-hydrogen) atoms. The van der Waals surface area contributed by atoms with Gasteiger partial charge in [-0.1, -0.05) is 71.2 Å². The number of carbonyl (C=O) groups is 2. The normalized spacial score (nSPS) is 13.8. The van der Waals surface area contributed by atoms with E-state index < -0.39 is 28.5 Å². The molecule has 1 fully saturated rings. The molecule has 0 aliphatic heterocycles. The van der Waals surface area contributed by atoms with Crippen molar-refractivity contribution in [3.8, 4) is 11.5 Å². The van der Waals surface area contributed by atoms with E-state index in [9.17, 15) is 18.0 Å². The van der Waals surface area contributed by atoms with Gasteiger partial charge in [-0.2, -0.15) is 0 Å². The fourth-order valence-corrected chi connectivity index (χ4v) is 7.71. The molecule has 0 radical (unpaired) electrons. The van der Waals surface area contributed by atoms with Gasteiger partial charge in [0, 0.05) is 23.5 Å². The van der Waals surface area contributed by atoms with Gasteiger partial charge in [0.25, 0.3) is 10.0 Å². The number of hydrogen-bond donors (Lipinski definition) is 1. The van der Waals surface area contributed by atoms with Crippen LogP contribution in [0.5, 0.6) is 11.5 Å². The largest absolute Gasteiger partial charge is 0.497 e. The molecule has 4 aromatic carbocycles. The van der Waals surface area contributed by atoms with Gasteiger partial charge in [0.05, 0.1) is 24.3 Å². The Kier molecular flexibility index (Phi) is 12.4. The molecule has 5 rings (SSSR count). The third-order valence-corrected chi connectivity index (χ3v) is 10.9. The van der Waals surface area contributed by atoms with E-state index in [1.54, 1.807) is 43.5 Å². The molecule has 1 N–H and O–H groups in total. The Balaban J connectivity index is 1.57. The number of nitrogens with one attached hydrogen (secondary N) is 1. The van der Waals surface area contributed by atoms with Gasteiger partial charge in [0.2, 0.25) is 11.8 Å². The van der Waals surface area contributed by atoms with Gasteiger partial charge >= 0.3 is 0 Å². The van der Waals surface area contributed by atoms with E-state index in [1.165, 1.54) is 17.0 Å². The van der Waals surface area contributed by atoms with Crippen molar-refractivity contribution in [2.24, 2.45) is 0 Å². The minimum absolute atomic E-state index is 0.0246. The van der Waals surface area contributed by atoms with E-state index in [0.29, 0.717) is 18.1 Å². The number of nitrogens with zero attached hydrogens (tertiary/aromatic N) is 2. The van der Waals surface area contributed by atoms with Gasteiger partial charge in [-0.3, -0.25) is 13.9 Å². The second kappa shape index (κ2) is 16.8. The molecule has 1 saturated carbocycles. The molecule has 4 aromatic rings. The van der Waals surface area contributed by atoms with Crippen molar-refractivity contribution in [2.75, 3.05) is 24.6 Å². The van der Waals surface area contributed by atoms with E-state index in [2.05, 4.69) is 21.2 Å². The number of halogens is 1. The number of sulfonamides is 1. The Bertz CT molecular complexity index is 1800. The Hall–Kier alpha value is -4.35. The van der Waals surface area contributed by atoms with Crippen LogP contribution in [0.1, 0.15) is 43.7 Å². The molecular weight excluding hydrogens is 706 g/mol. The van der Waals surface area contributed by atoms with Gasteiger partial charge in [0.15, 0.2) is 0 Å². The number of rotatable bonds is 15. The molecule has 1 aliphatic carbocycles. The summed E-state index contributed by atoms with van der Waals surface area (Å²) < 4.78 is 41.5. The van der Waals surface area contributed by atoms with Crippen LogP contribution >= 0.6 is 15.9 Å². The predicted molar refractivity (Wildman–Crippen MR) is 194 cm³/mol. The Morgan fingerprint density at radius 2 is 1.55 bits per heavy atom. The maximum absolute atomic E-state index is 14.7. The zero-order chi connectivity index (χ0) is 34.8. The first-order valence-corrected chi connectivity index (χ1v) is 18.7. The first-order valence-electron chi connectivity index (χ1n) is 16.5.